The SMILES string of the molecule is CCCCOc1ccc(CC(c2ccc(OC)cc2)c2csc(N)[nH+]2)cc1. The number of hydrogen-bond acceptors (Lipinski definition) is 4. The minimum absolute atomic E-state index is 0.205. The number of thiazole rings is 1. The molecule has 0 aliphatic carbocycles. The van der Waals surface area contributed by atoms with Crippen LogP contribution >= 0.6 is 11.3 Å². The fourth-order valence-electron chi connectivity index (χ4n) is 3.03. The molecule has 1 heterocycles. The third-order valence-corrected chi connectivity index (χ3v) is 5.33. The van der Waals surface area contributed by atoms with Crippen molar-refractivity contribution in [3.8, 4) is 11.5 Å². The lowest BCUT2D eigenvalue weighted by atomic mass is 9.89. The van der Waals surface area contributed by atoms with Crippen molar-refractivity contribution >= 4 is 16.5 Å². The molecule has 0 fully saturated rings. The highest BCUT2D eigenvalue weighted by atomic mass is 32.1. The van der Waals surface area contributed by atoms with Gasteiger partial charge in [-0.3, -0.25) is 5.73 Å². The molecular weight excluding hydrogens is 356 g/mol. The molecule has 1 unspecified atom stereocenters. The predicted octanol–water partition coefficient (Wildman–Crippen LogP) is 4.71. The lowest BCUT2D eigenvalue weighted by molar-refractivity contribution is -0.368. The van der Waals surface area contributed by atoms with Crippen molar-refractivity contribution in [2.75, 3.05) is 19.5 Å². The molecule has 0 saturated heterocycles. The molecule has 0 spiro atoms. The highest BCUT2D eigenvalue weighted by Crippen LogP contribution is 2.30. The fourth-order valence-corrected chi connectivity index (χ4v) is 3.69. The molecule has 0 radical (unpaired) electrons. The van der Waals surface area contributed by atoms with Crippen LogP contribution in [0, 0.1) is 0 Å². The average Bonchev–Trinajstić information content (AvgIpc) is 3.13. The molecule has 0 aliphatic rings. The maximum Gasteiger partial charge on any atom is 0.329 e. The maximum absolute atomic E-state index is 5.94. The van der Waals surface area contributed by atoms with Crippen LogP contribution in [0.4, 0.5) is 5.13 Å². The number of nitrogens with one attached hydrogen (secondary N) is 1. The second kappa shape index (κ2) is 9.42. The number of ether oxygens (including phenoxy) is 2. The third-order valence-electron chi connectivity index (χ3n) is 4.60. The molecule has 3 aromatic rings. The van der Waals surface area contributed by atoms with Crippen LogP contribution in [0.25, 0.3) is 0 Å². The highest BCUT2D eigenvalue weighted by molar-refractivity contribution is 7.13. The normalized spacial score (nSPS) is 11.9. The Morgan fingerprint density at radius 3 is 2.33 bits per heavy atom. The van der Waals surface area contributed by atoms with Crippen LogP contribution in [-0.2, 0) is 6.42 Å². The predicted molar refractivity (Wildman–Crippen MR) is 111 cm³/mol. The van der Waals surface area contributed by atoms with Gasteiger partial charge in [-0.25, -0.2) is 4.98 Å². The van der Waals surface area contributed by atoms with Crippen molar-refractivity contribution in [2.45, 2.75) is 32.1 Å². The molecule has 0 amide bonds. The van der Waals surface area contributed by atoms with Crippen molar-refractivity contribution in [3.63, 3.8) is 0 Å². The zero-order chi connectivity index (χ0) is 19.1. The average molecular weight is 384 g/mol. The summed E-state index contributed by atoms with van der Waals surface area (Å²) in [6.45, 7) is 2.94. The second-order valence-corrected chi connectivity index (χ2v) is 7.47. The van der Waals surface area contributed by atoms with Crippen LogP contribution in [0.1, 0.15) is 42.5 Å². The van der Waals surface area contributed by atoms with E-state index < -0.39 is 0 Å². The molecule has 27 heavy (non-hydrogen) atoms. The summed E-state index contributed by atoms with van der Waals surface area (Å²) in [4.78, 5) is 3.31. The molecular formula is C22H27N2O2S+. The van der Waals surface area contributed by atoms with Gasteiger partial charge in [-0.05, 0) is 48.2 Å². The van der Waals surface area contributed by atoms with E-state index in [1.54, 1.807) is 7.11 Å². The summed E-state index contributed by atoms with van der Waals surface area (Å²) >= 11 is 1.54. The van der Waals surface area contributed by atoms with Crippen molar-refractivity contribution in [3.05, 3.63) is 70.7 Å². The van der Waals surface area contributed by atoms with Gasteiger partial charge in [0.05, 0.1) is 19.6 Å². The quantitative estimate of drug-likeness (QED) is 0.545. The van der Waals surface area contributed by atoms with Crippen molar-refractivity contribution in [1.82, 2.24) is 0 Å². The molecule has 2 aromatic carbocycles. The summed E-state index contributed by atoms with van der Waals surface area (Å²) < 4.78 is 11.1. The van der Waals surface area contributed by atoms with E-state index in [2.05, 4.69) is 53.7 Å². The van der Waals surface area contributed by atoms with Crippen LogP contribution in [0.3, 0.4) is 0 Å². The number of H-pyrrole nitrogens is 1. The van der Waals surface area contributed by atoms with Crippen molar-refractivity contribution in [2.24, 2.45) is 0 Å². The number of nitrogen functional groups attached to an aromatic ring is 1. The van der Waals surface area contributed by atoms with Gasteiger partial charge in [0.2, 0.25) is 0 Å². The minimum atomic E-state index is 0.205. The number of nitrogens with two attached hydrogens (primary N) is 1. The Bertz CT molecular complexity index is 828. The van der Waals surface area contributed by atoms with E-state index in [1.807, 2.05) is 12.1 Å². The Morgan fingerprint density at radius 2 is 1.74 bits per heavy atom. The first-order chi connectivity index (χ1) is 13.2. The number of aromatic amines is 1. The van der Waals surface area contributed by atoms with Crippen LogP contribution < -0.4 is 20.2 Å². The van der Waals surface area contributed by atoms with Crippen LogP contribution in [-0.4, -0.2) is 13.7 Å². The Labute approximate surface area is 165 Å². The number of rotatable bonds is 9. The van der Waals surface area contributed by atoms with E-state index in [0.29, 0.717) is 0 Å². The van der Waals surface area contributed by atoms with Gasteiger partial charge >= 0.3 is 5.13 Å². The number of unbranched alkanes of at least 4 members (excludes halogenated alkanes) is 1. The second-order valence-electron chi connectivity index (χ2n) is 6.56. The summed E-state index contributed by atoms with van der Waals surface area (Å²) in [5.41, 5.74) is 9.56. The van der Waals surface area contributed by atoms with E-state index in [1.165, 1.54) is 22.5 Å². The fraction of sp³-hybridized carbons (Fsp3) is 0.318. The van der Waals surface area contributed by atoms with E-state index in [0.717, 1.165) is 48.2 Å². The lowest BCUT2D eigenvalue weighted by Crippen LogP contribution is -2.17. The Hall–Kier alpha value is -2.53. The van der Waals surface area contributed by atoms with Crippen LogP contribution in [0.2, 0.25) is 0 Å². The summed E-state index contributed by atoms with van der Waals surface area (Å²) in [5, 5.41) is 2.83. The smallest absolute Gasteiger partial charge is 0.329 e. The summed E-state index contributed by atoms with van der Waals surface area (Å²) in [6.07, 6.45) is 3.10. The number of benzene rings is 2. The van der Waals surface area contributed by atoms with Crippen molar-refractivity contribution in [1.29, 1.82) is 0 Å². The molecule has 4 nitrogen and oxygen atoms in total. The van der Waals surface area contributed by atoms with Gasteiger partial charge in [0, 0.05) is 5.38 Å². The van der Waals surface area contributed by atoms with Gasteiger partial charge in [-0.1, -0.05) is 48.9 Å². The monoisotopic (exact) mass is 383 g/mol. The number of hydrogen-bond donors (Lipinski definition) is 1. The first-order valence-corrected chi connectivity index (χ1v) is 10.2. The largest absolute Gasteiger partial charge is 0.497 e. The molecule has 5 heteroatoms. The maximum atomic E-state index is 5.94. The molecule has 142 valence electrons. The molecule has 0 bridgehead atoms. The number of methoxy groups -OCH3 is 1. The van der Waals surface area contributed by atoms with Gasteiger partial charge in [0.1, 0.15) is 17.2 Å². The summed E-state index contributed by atoms with van der Waals surface area (Å²) in [6, 6.07) is 16.6. The van der Waals surface area contributed by atoms with Gasteiger partial charge in [-0.15, -0.1) is 0 Å². The molecule has 1 aromatic heterocycles. The minimum Gasteiger partial charge on any atom is -0.497 e. The standard InChI is InChI=1S/C22H26N2O2S/c1-3-4-13-26-19-9-5-16(6-10-19)14-20(21-15-27-22(23)24-21)17-7-11-18(25-2)12-8-17/h5-12,15,20H,3-4,13-14H2,1-2H3,(H2,23,24)/p+1. The molecule has 1 atom stereocenters. The third kappa shape index (κ3) is 5.23. The Kier molecular flexibility index (Phi) is 6.71. The van der Waals surface area contributed by atoms with E-state index in [-0.39, 0.29) is 5.92 Å². The molecule has 0 saturated carbocycles. The first kappa shape index (κ1) is 19.2. The van der Waals surface area contributed by atoms with Crippen LogP contribution in [0.5, 0.6) is 11.5 Å². The zero-order valence-corrected chi connectivity index (χ0v) is 16.7. The molecule has 3 N–H and O–H groups in total. The van der Waals surface area contributed by atoms with E-state index in [4.69, 9.17) is 15.2 Å². The summed E-state index contributed by atoms with van der Waals surface area (Å²) in [5.74, 6) is 2.00. The zero-order valence-electron chi connectivity index (χ0n) is 15.9. The van der Waals surface area contributed by atoms with Crippen molar-refractivity contribution < 1.29 is 14.5 Å². The van der Waals surface area contributed by atoms with Gasteiger partial charge in [0.15, 0.2) is 0 Å². The molecule has 0 aliphatic heterocycles. The molecule has 3 rings (SSSR count). The number of anilines is 1. The van der Waals surface area contributed by atoms with Gasteiger partial charge in [0.25, 0.3) is 0 Å². The topological polar surface area (TPSA) is 58.6 Å². The van der Waals surface area contributed by atoms with E-state index >= 15 is 0 Å². The van der Waals surface area contributed by atoms with Gasteiger partial charge < -0.3 is 9.47 Å². The number of aromatic nitrogens is 1. The van der Waals surface area contributed by atoms with E-state index in [9.17, 15) is 0 Å². The highest BCUT2D eigenvalue weighted by Gasteiger charge is 2.20. The Balaban J connectivity index is 1.78. The van der Waals surface area contributed by atoms with Gasteiger partial charge in [-0.2, -0.15) is 0 Å². The Morgan fingerprint density at radius 1 is 1.04 bits per heavy atom. The van der Waals surface area contributed by atoms with Crippen LogP contribution in [0.15, 0.2) is 53.9 Å². The first-order valence-electron chi connectivity index (χ1n) is 9.31. The summed E-state index contributed by atoms with van der Waals surface area (Å²) in [7, 11) is 1.68. The lowest BCUT2D eigenvalue weighted by Gasteiger charge is -2.15.